The van der Waals surface area contributed by atoms with Crippen molar-refractivity contribution in [3.63, 3.8) is 0 Å². The molecule has 2 heteroatoms. The number of hydrogen-bond acceptors (Lipinski definition) is 2. The van der Waals surface area contributed by atoms with Crippen molar-refractivity contribution in [1.82, 2.24) is 0 Å². The van der Waals surface area contributed by atoms with Crippen molar-refractivity contribution in [2.24, 2.45) is 0 Å². The van der Waals surface area contributed by atoms with Crippen molar-refractivity contribution < 1.29 is 5.11 Å². The van der Waals surface area contributed by atoms with Gasteiger partial charge < -0.3 is 10.8 Å². The SMILES string of the molecule is CCCC(O)c1cc(CC)ccc1N. The van der Waals surface area contributed by atoms with Crippen molar-refractivity contribution in [3.05, 3.63) is 29.3 Å². The zero-order chi connectivity index (χ0) is 10.6. The van der Waals surface area contributed by atoms with E-state index in [1.807, 2.05) is 18.2 Å². The highest BCUT2D eigenvalue weighted by Gasteiger charge is 2.10. The first-order chi connectivity index (χ1) is 6.69. The average molecular weight is 193 g/mol. The Morgan fingerprint density at radius 2 is 2.07 bits per heavy atom. The zero-order valence-corrected chi connectivity index (χ0v) is 8.96. The molecule has 0 amide bonds. The summed E-state index contributed by atoms with van der Waals surface area (Å²) in [4.78, 5) is 0. The van der Waals surface area contributed by atoms with Gasteiger partial charge in [0.25, 0.3) is 0 Å². The Morgan fingerprint density at radius 3 is 2.64 bits per heavy atom. The normalized spacial score (nSPS) is 12.8. The van der Waals surface area contributed by atoms with E-state index in [2.05, 4.69) is 13.8 Å². The van der Waals surface area contributed by atoms with Gasteiger partial charge >= 0.3 is 0 Å². The minimum atomic E-state index is -0.411. The van der Waals surface area contributed by atoms with Crippen LogP contribution in [0.5, 0.6) is 0 Å². The lowest BCUT2D eigenvalue weighted by Crippen LogP contribution is -2.02. The highest BCUT2D eigenvalue weighted by Crippen LogP contribution is 2.25. The molecule has 0 aromatic heterocycles. The molecule has 1 aromatic carbocycles. The van der Waals surface area contributed by atoms with Gasteiger partial charge in [-0.2, -0.15) is 0 Å². The molecule has 0 radical (unpaired) electrons. The number of anilines is 1. The first-order valence-corrected chi connectivity index (χ1v) is 5.25. The Hall–Kier alpha value is -1.02. The number of aryl methyl sites for hydroxylation is 1. The summed E-state index contributed by atoms with van der Waals surface area (Å²) in [5.74, 6) is 0. The Bertz CT molecular complexity index is 296. The van der Waals surface area contributed by atoms with E-state index < -0.39 is 6.10 Å². The maximum Gasteiger partial charge on any atom is 0.0809 e. The van der Waals surface area contributed by atoms with Gasteiger partial charge in [-0.05, 0) is 24.5 Å². The Labute approximate surface area is 85.8 Å². The summed E-state index contributed by atoms with van der Waals surface area (Å²) in [7, 11) is 0. The largest absolute Gasteiger partial charge is 0.398 e. The van der Waals surface area contributed by atoms with Gasteiger partial charge in [0, 0.05) is 11.3 Å². The summed E-state index contributed by atoms with van der Waals surface area (Å²) in [5.41, 5.74) is 8.62. The number of hydrogen-bond donors (Lipinski definition) is 2. The van der Waals surface area contributed by atoms with E-state index in [-0.39, 0.29) is 0 Å². The molecule has 0 fully saturated rings. The Morgan fingerprint density at radius 1 is 1.36 bits per heavy atom. The van der Waals surface area contributed by atoms with Crippen molar-refractivity contribution in [1.29, 1.82) is 0 Å². The molecule has 0 bridgehead atoms. The molecule has 0 spiro atoms. The molecule has 0 saturated carbocycles. The lowest BCUT2D eigenvalue weighted by molar-refractivity contribution is 0.167. The Balaban J connectivity index is 2.93. The van der Waals surface area contributed by atoms with Gasteiger partial charge in [-0.15, -0.1) is 0 Å². The number of nitrogen functional groups attached to an aromatic ring is 1. The van der Waals surface area contributed by atoms with Gasteiger partial charge in [-0.3, -0.25) is 0 Å². The van der Waals surface area contributed by atoms with Crippen LogP contribution in [-0.4, -0.2) is 5.11 Å². The first kappa shape index (κ1) is 11.1. The minimum Gasteiger partial charge on any atom is -0.398 e. The fourth-order valence-electron chi connectivity index (χ4n) is 1.56. The van der Waals surface area contributed by atoms with Crippen LogP contribution in [0.1, 0.15) is 43.9 Å². The van der Waals surface area contributed by atoms with Crippen LogP contribution in [0.2, 0.25) is 0 Å². The molecule has 2 nitrogen and oxygen atoms in total. The van der Waals surface area contributed by atoms with Gasteiger partial charge in [0.2, 0.25) is 0 Å². The highest BCUT2D eigenvalue weighted by atomic mass is 16.3. The van der Waals surface area contributed by atoms with Crippen molar-refractivity contribution >= 4 is 5.69 Å². The molecule has 14 heavy (non-hydrogen) atoms. The lowest BCUT2D eigenvalue weighted by Gasteiger charge is -2.13. The predicted molar refractivity (Wildman–Crippen MR) is 60.1 cm³/mol. The van der Waals surface area contributed by atoms with Crippen LogP contribution in [0, 0.1) is 0 Å². The maximum atomic E-state index is 9.84. The summed E-state index contributed by atoms with van der Waals surface area (Å²) in [6, 6.07) is 5.90. The molecule has 0 heterocycles. The number of benzene rings is 1. The maximum absolute atomic E-state index is 9.84. The van der Waals surface area contributed by atoms with E-state index >= 15 is 0 Å². The van der Waals surface area contributed by atoms with Crippen molar-refractivity contribution in [3.8, 4) is 0 Å². The van der Waals surface area contributed by atoms with Gasteiger partial charge in [-0.25, -0.2) is 0 Å². The summed E-state index contributed by atoms with van der Waals surface area (Å²) in [6.07, 6.45) is 2.31. The van der Waals surface area contributed by atoms with Crippen LogP contribution in [-0.2, 0) is 6.42 Å². The molecule has 0 saturated heterocycles. The summed E-state index contributed by atoms with van der Waals surface area (Å²) in [5, 5.41) is 9.84. The monoisotopic (exact) mass is 193 g/mol. The fourth-order valence-corrected chi connectivity index (χ4v) is 1.56. The summed E-state index contributed by atoms with van der Waals surface area (Å²) < 4.78 is 0. The topological polar surface area (TPSA) is 46.2 Å². The minimum absolute atomic E-state index is 0.411. The van der Waals surface area contributed by atoms with Gasteiger partial charge in [0.1, 0.15) is 0 Å². The number of aliphatic hydroxyl groups excluding tert-OH is 1. The average Bonchev–Trinajstić information content (AvgIpc) is 2.19. The third-order valence-corrected chi connectivity index (χ3v) is 2.48. The molecular weight excluding hydrogens is 174 g/mol. The second kappa shape index (κ2) is 5.01. The summed E-state index contributed by atoms with van der Waals surface area (Å²) >= 11 is 0. The van der Waals surface area contributed by atoms with Gasteiger partial charge in [0.05, 0.1) is 6.10 Å². The molecule has 1 unspecified atom stereocenters. The van der Waals surface area contributed by atoms with E-state index in [0.717, 1.165) is 24.8 Å². The molecular formula is C12H19NO. The second-order valence-corrected chi connectivity index (χ2v) is 3.62. The van der Waals surface area contributed by atoms with E-state index in [1.165, 1.54) is 5.56 Å². The molecule has 0 aliphatic rings. The smallest absolute Gasteiger partial charge is 0.0809 e. The predicted octanol–water partition coefficient (Wildman–Crippen LogP) is 2.66. The van der Waals surface area contributed by atoms with Crippen LogP contribution >= 0.6 is 0 Å². The summed E-state index contributed by atoms with van der Waals surface area (Å²) in [6.45, 7) is 4.16. The lowest BCUT2D eigenvalue weighted by atomic mass is 10.00. The second-order valence-electron chi connectivity index (χ2n) is 3.62. The fraction of sp³-hybridized carbons (Fsp3) is 0.500. The molecule has 0 aliphatic heterocycles. The van der Waals surface area contributed by atoms with E-state index in [1.54, 1.807) is 0 Å². The standard InChI is InChI=1S/C12H19NO/c1-3-5-12(14)10-8-9(4-2)6-7-11(10)13/h6-8,12,14H,3-5,13H2,1-2H3. The van der Waals surface area contributed by atoms with Crippen LogP contribution in [0.3, 0.4) is 0 Å². The number of aliphatic hydroxyl groups is 1. The van der Waals surface area contributed by atoms with Crippen LogP contribution in [0.25, 0.3) is 0 Å². The molecule has 1 aromatic rings. The molecule has 1 atom stereocenters. The van der Waals surface area contributed by atoms with Crippen molar-refractivity contribution in [2.75, 3.05) is 5.73 Å². The van der Waals surface area contributed by atoms with Crippen LogP contribution < -0.4 is 5.73 Å². The molecule has 78 valence electrons. The van der Waals surface area contributed by atoms with Crippen molar-refractivity contribution in [2.45, 2.75) is 39.2 Å². The molecule has 1 rings (SSSR count). The van der Waals surface area contributed by atoms with E-state index in [0.29, 0.717) is 5.69 Å². The molecule has 0 aliphatic carbocycles. The zero-order valence-electron chi connectivity index (χ0n) is 8.96. The van der Waals surface area contributed by atoms with Gasteiger partial charge in [0.15, 0.2) is 0 Å². The third kappa shape index (κ3) is 2.48. The first-order valence-electron chi connectivity index (χ1n) is 5.25. The van der Waals surface area contributed by atoms with Crippen LogP contribution in [0.15, 0.2) is 18.2 Å². The number of nitrogens with two attached hydrogens (primary N) is 1. The van der Waals surface area contributed by atoms with E-state index in [9.17, 15) is 5.11 Å². The molecule has 3 N–H and O–H groups in total. The van der Waals surface area contributed by atoms with Gasteiger partial charge in [-0.1, -0.05) is 32.4 Å². The highest BCUT2D eigenvalue weighted by molar-refractivity contribution is 5.49. The van der Waals surface area contributed by atoms with Crippen LogP contribution in [0.4, 0.5) is 5.69 Å². The third-order valence-electron chi connectivity index (χ3n) is 2.48. The number of rotatable bonds is 4. The quantitative estimate of drug-likeness (QED) is 0.722. The Kier molecular flexibility index (Phi) is 3.96. The van der Waals surface area contributed by atoms with E-state index in [4.69, 9.17) is 5.73 Å².